The van der Waals surface area contributed by atoms with Gasteiger partial charge in [0.1, 0.15) is 0 Å². The van der Waals surface area contributed by atoms with Crippen molar-refractivity contribution < 1.29 is 18.3 Å². The molecule has 100 valence electrons. The maximum absolute atomic E-state index is 8.91. The Morgan fingerprint density at radius 1 is 0.824 bits per heavy atom. The van der Waals surface area contributed by atoms with Crippen LogP contribution in [0, 0.1) is 0 Å². The minimum atomic E-state index is -2.46. The van der Waals surface area contributed by atoms with Crippen molar-refractivity contribution >= 4 is 32.3 Å². The Morgan fingerprint density at radius 2 is 1.18 bits per heavy atom. The van der Waals surface area contributed by atoms with Gasteiger partial charge in [0.05, 0.1) is 0 Å². The Balaban J connectivity index is 4.94. The molecule has 0 aliphatic rings. The molecule has 0 unspecified atom stereocenters. The zero-order valence-electron chi connectivity index (χ0n) is 11.9. The van der Waals surface area contributed by atoms with Crippen molar-refractivity contribution in [2.24, 2.45) is 0 Å². The van der Waals surface area contributed by atoms with Crippen LogP contribution in [0.25, 0.3) is 0 Å². The van der Waals surface area contributed by atoms with Gasteiger partial charge in [-0.2, -0.15) is 0 Å². The van der Waals surface area contributed by atoms with Gasteiger partial charge < -0.3 is 18.3 Å². The van der Waals surface area contributed by atoms with E-state index in [-0.39, 0.29) is 0 Å². The summed E-state index contributed by atoms with van der Waals surface area (Å²) in [4.78, 5) is 0. The fraction of sp³-hybridized carbons (Fsp3) is 0.778. The van der Waals surface area contributed by atoms with Crippen LogP contribution in [0.5, 0.6) is 0 Å². The molecule has 0 fully saturated rings. The second-order valence-corrected chi connectivity index (χ2v) is 18.7. The Bertz CT molecular complexity index is 254. The maximum atomic E-state index is 8.91. The van der Waals surface area contributed by atoms with Gasteiger partial charge in [0.25, 0.3) is 0 Å². The third-order valence-corrected chi connectivity index (χ3v) is 10.5. The first-order chi connectivity index (χ1) is 7.33. The normalized spacial score (nSPS) is 14.4. The van der Waals surface area contributed by atoms with Crippen LogP contribution in [0.3, 0.4) is 0 Å². The van der Waals surface area contributed by atoms with Crippen LogP contribution >= 0.6 is 0 Å². The lowest BCUT2D eigenvalue weighted by atomic mass is 9.94. The molecule has 0 aromatic heterocycles. The van der Waals surface area contributed by atoms with E-state index in [1.807, 2.05) is 6.55 Å². The summed E-state index contributed by atoms with van der Waals surface area (Å²) in [5, 5.41) is 17.8. The summed E-state index contributed by atoms with van der Waals surface area (Å²) in [6, 6.07) is 0. The van der Waals surface area contributed by atoms with Crippen LogP contribution in [-0.2, 0) is 8.23 Å². The summed E-state index contributed by atoms with van der Waals surface area (Å²) < 4.78 is 12.3. The van der Waals surface area contributed by atoms with E-state index in [9.17, 15) is 0 Å². The van der Waals surface area contributed by atoms with E-state index in [0.29, 0.717) is 0 Å². The van der Waals surface area contributed by atoms with E-state index in [1.165, 1.54) is 5.98 Å². The average molecular weight is 292 g/mol. The molecule has 0 saturated heterocycles. The lowest BCUT2D eigenvalue weighted by molar-refractivity contribution is 0.401. The first-order valence-corrected chi connectivity index (χ1v) is 15.0. The Morgan fingerprint density at radius 3 is 1.41 bits per heavy atom. The molecule has 4 nitrogen and oxygen atoms in total. The van der Waals surface area contributed by atoms with Gasteiger partial charge in [0.15, 0.2) is 16.6 Å². The Kier molecular flexibility index (Phi) is 6.06. The van der Waals surface area contributed by atoms with Crippen LogP contribution < -0.4 is 0 Å². The van der Waals surface area contributed by atoms with E-state index in [4.69, 9.17) is 18.3 Å². The number of rotatable bonds is 6. The molecule has 2 N–H and O–H groups in total. The molecular formula is C9H25BO4Si3. The lowest BCUT2D eigenvalue weighted by Crippen LogP contribution is -2.51. The molecule has 8 heteroatoms. The largest absolute Gasteiger partial charge is 0.480 e. The molecule has 0 rings (SSSR count). The van der Waals surface area contributed by atoms with Gasteiger partial charge in [-0.1, -0.05) is 11.7 Å². The molecule has 0 aromatic carbocycles. The molecule has 0 aromatic rings. The fourth-order valence-corrected chi connectivity index (χ4v) is 12.9. The van der Waals surface area contributed by atoms with Gasteiger partial charge in [0, 0.05) is 0 Å². The highest BCUT2D eigenvalue weighted by Crippen LogP contribution is 2.21. The predicted molar refractivity (Wildman–Crippen MR) is 79.8 cm³/mol. The highest BCUT2D eigenvalue weighted by molar-refractivity contribution is 6.90. The predicted octanol–water partition coefficient (Wildman–Crippen LogP) is 1.87. The van der Waals surface area contributed by atoms with Crippen LogP contribution in [0.4, 0.5) is 0 Å². The second kappa shape index (κ2) is 5.96. The minimum absolute atomic E-state index is 1.34. The van der Waals surface area contributed by atoms with Crippen LogP contribution in [0.1, 0.15) is 0 Å². The molecule has 17 heavy (non-hydrogen) atoms. The summed E-state index contributed by atoms with van der Waals surface area (Å²) in [6.07, 6.45) is 0. The van der Waals surface area contributed by atoms with E-state index in [0.717, 1.165) is 0 Å². The topological polar surface area (TPSA) is 58.9 Å². The fourth-order valence-electron chi connectivity index (χ4n) is 1.57. The van der Waals surface area contributed by atoms with Crippen molar-refractivity contribution in [3.05, 3.63) is 11.7 Å². The highest BCUT2D eigenvalue weighted by Gasteiger charge is 2.38. The quantitative estimate of drug-likeness (QED) is 0.734. The van der Waals surface area contributed by atoms with Gasteiger partial charge in [-0.05, 0) is 45.8 Å². The zero-order chi connectivity index (χ0) is 13.9. The molecule has 0 radical (unpaired) electrons. The summed E-state index contributed by atoms with van der Waals surface area (Å²) >= 11 is 0. The second-order valence-electron chi connectivity index (χ2n) is 6.22. The molecule has 0 amide bonds. The molecule has 0 atom stereocenters. The molecule has 0 aliphatic heterocycles. The van der Waals surface area contributed by atoms with E-state index < -0.39 is 32.3 Å². The van der Waals surface area contributed by atoms with Crippen molar-refractivity contribution in [1.29, 1.82) is 0 Å². The Hall–Kier alpha value is 0.296. The highest BCUT2D eigenvalue weighted by atomic mass is 28.5. The maximum Gasteiger partial charge on any atom is 0.480 e. The zero-order valence-corrected chi connectivity index (χ0v) is 14.9. The van der Waals surface area contributed by atoms with Crippen LogP contribution in [0.15, 0.2) is 11.7 Å². The standard InChI is InChI=1S/C9H25BO4Si3/c1-15(2,3)13-17(7,9-8-10(11)12)14-16(4,5)6/h8-9,11-12H,1-7H3. The van der Waals surface area contributed by atoms with Crippen molar-refractivity contribution in [3.8, 4) is 0 Å². The molecule has 0 saturated carbocycles. The average Bonchev–Trinajstić information content (AvgIpc) is 1.93. The molecule has 0 aliphatic carbocycles. The summed E-state index contributed by atoms with van der Waals surface area (Å²) in [5.74, 6) is 1.34. The Labute approximate surface area is 108 Å². The molecule has 0 heterocycles. The molecular weight excluding hydrogens is 267 g/mol. The molecule has 0 bridgehead atoms. The van der Waals surface area contributed by atoms with Crippen molar-refractivity contribution in [3.63, 3.8) is 0 Å². The lowest BCUT2D eigenvalue weighted by Gasteiger charge is -2.36. The first-order valence-electron chi connectivity index (χ1n) is 5.79. The van der Waals surface area contributed by atoms with E-state index in [1.54, 1.807) is 5.70 Å². The number of hydrogen-bond acceptors (Lipinski definition) is 4. The van der Waals surface area contributed by atoms with E-state index in [2.05, 4.69) is 39.3 Å². The van der Waals surface area contributed by atoms with Gasteiger partial charge in [-0.15, -0.1) is 0 Å². The summed E-state index contributed by atoms with van der Waals surface area (Å²) in [6.45, 7) is 14.6. The van der Waals surface area contributed by atoms with Crippen LogP contribution in [-0.4, -0.2) is 42.4 Å². The van der Waals surface area contributed by atoms with Gasteiger partial charge in [-0.3, -0.25) is 0 Å². The third-order valence-electron chi connectivity index (χ3n) is 1.59. The summed E-state index contributed by atoms with van der Waals surface area (Å²) in [5.41, 5.74) is 1.73. The smallest absolute Gasteiger partial charge is 0.434 e. The van der Waals surface area contributed by atoms with Gasteiger partial charge in [-0.25, -0.2) is 0 Å². The minimum Gasteiger partial charge on any atom is -0.434 e. The van der Waals surface area contributed by atoms with Crippen molar-refractivity contribution in [2.75, 3.05) is 0 Å². The van der Waals surface area contributed by atoms with Crippen molar-refractivity contribution in [2.45, 2.75) is 45.8 Å². The monoisotopic (exact) mass is 292 g/mol. The van der Waals surface area contributed by atoms with Crippen molar-refractivity contribution in [1.82, 2.24) is 0 Å². The number of hydrogen-bond donors (Lipinski definition) is 2. The summed E-state index contributed by atoms with van der Waals surface area (Å²) in [7, 11) is -7.35. The van der Waals surface area contributed by atoms with Gasteiger partial charge in [0.2, 0.25) is 0 Å². The SMILES string of the molecule is C[Si](C)(C)O[Si](C)(C=CB(O)O)O[Si](C)(C)C. The molecule has 0 spiro atoms. The first kappa shape index (κ1) is 17.3. The van der Waals surface area contributed by atoms with Gasteiger partial charge >= 0.3 is 15.7 Å². The third kappa shape index (κ3) is 9.95. The van der Waals surface area contributed by atoms with E-state index >= 15 is 0 Å². The van der Waals surface area contributed by atoms with Crippen LogP contribution in [0.2, 0.25) is 45.8 Å².